The predicted octanol–water partition coefficient (Wildman–Crippen LogP) is 1.31. The minimum Gasteiger partial charge on any atom is -0.369 e. The summed E-state index contributed by atoms with van der Waals surface area (Å²) in [5.74, 6) is 1.05. The van der Waals surface area contributed by atoms with Gasteiger partial charge in [0.05, 0.1) is 11.5 Å². The first-order valence-corrected chi connectivity index (χ1v) is 13.9. The van der Waals surface area contributed by atoms with E-state index in [1.54, 1.807) is 0 Å². The van der Waals surface area contributed by atoms with Gasteiger partial charge in [-0.25, -0.2) is 16.8 Å². The van der Waals surface area contributed by atoms with Crippen molar-refractivity contribution in [2.75, 3.05) is 46.4 Å². The van der Waals surface area contributed by atoms with Crippen LogP contribution < -0.4 is 15.5 Å². The first-order chi connectivity index (χ1) is 15.2. The summed E-state index contributed by atoms with van der Waals surface area (Å²) in [5.41, 5.74) is 1.95. The molecule has 1 saturated heterocycles. The van der Waals surface area contributed by atoms with Crippen LogP contribution in [0.25, 0.3) is 11.0 Å². The van der Waals surface area contributed by atoms with Crippen LogP contribution in [0.4, 0.5) is 23.1 Å². The monoisotopic (exact) mass is 477 g/mol. The van der Waals surface area contributed by atoms with Crippen LogP contribution >= 0.6 is 0 Å². The van der Waals surface area contributed by atoms with E-state index in [2.05, 4.69) is 30.8 Å². The SMILES string of the molecule is CS(=O)(=O)c1[nH]nc2nc(Nc3ccc(N4CCS(=O)(=O)CC4)cc3)nc(NC3CC3)c12. The van der Waals surface area contributed by atoms with Crippen molar-refractivity contribution in [1.82, 2.24) is 20.2 Å². The summed E-state index contributed by atoms with van der Waals surface area (Å²) >= 11 is 0. The number of benzene rings is 1. The van der Waals surface area contributed by atoms with E-state index < -0.39 is 19.7 Å². The van der Waals surface area contributed by atoms with Gasteiger partial charge in [-0.05, 0) is 37.1 Å². The lowest BCUT2D eigenvalue weighted by Crippen LogP contribution is -2.40. The van der Waals surface area contributed by atoms with Gasteiger partial charge in [0.2, 0.25) is 5.95 Å². The second kappa shape index (κ2) is 7.59. The van der Waals surface area contributed by atoms with Crippen LogP contribution in [0.5, 0.6) is 0 Å². The standard InChI is InChI=1S/C19H23N7O4S2/c1-31(27,28)18-15-16(20-12-2-3-12)22-19(23-17(15)24-25-18)21-13-4-6-14(7-5-13)26-8-10-32(29,30)11-9-26/h4-7,12H,2-3,8-11H2,1H3,(H3,20,21,22,23,24,25). The Bertz CT molecular complexity index is 1370. The second-order valence-electron chi connectivity index (χ2n) is 8.15. The van der Waals surface area contributed by atoms with Gasteiger partial charge in [-0.1, -0.05) is 0 Å². The van der Waals surface area contributed by atoms with E-state index >= 15 is 0 Å². The molecule has 5 rings (SSSR count). The molecule has 170 valence electrons. The molecule has 1 saturated carbocycles. The molecule has 1 aliphatic carbocycles. The molecule has 0 bridgehead atoms. The Balaban J connectivity index is 1.40. The number of nitrogens with zero attached hydrogens (tertiary/aromatic N) is 4. The summed E-state index contributed by atoms with van der Waals surface area (Å²) < 4.78 is 47.5. The molecule has 3 N–H and O–H groups in total. The fraction of sp³-hybridized carbons (Fsp3) is 0.421. The average molecular weight is 478 g/mol. The Kier molecular flexibility index (Phi) is 4.97. The molecule has 0 unspecified atom stereocenters. The number of nitrogens with one attached hydrogen (secondary N) is 3. The molecule has 0 amide bonds. The quantitative estimate of drug-likeness (QED) is 0.474. The topological polar surface area (TPSA) is 150 Å². The van der Waals surface area contributed by atoms with E-state index in [4.69, 9.17) is 0 Å². The summed E-state index contributed by atoms with van der Waals surface area (Å²) in [4.78, 5) is 10.9. The summed E-state index contributed by atoms with van der Waals surface area (Å²) in [7, 11) is -6.45. The predicted molar refractivity (Wildman–Crippen MR) is 122 cm³/mol. The number of aromatic amines is 1. The highest BCUT2D eigenvalue weighted by Gasteiger charge is 2.27. The molecular formula is C19H23N7O4S2. The molecule has 2 fully saturated rings. The highest BCUT2D eigenvalue weighted by atomic mass is 32.2. The smallest absolute Gasteiger partial charge is 0.231 e. The Morgan fingerprint density at radius 1 is 1.09 bits per heavy atom. The van der Waals surface area contributed by atoms with Gasteiger partial charge in [0.15, 0.2) is 30.3 Å². The molecular weight excluding hydrogens is 454 g/mol. The Labute approximate surface area is 185 Å². The number of rotatable bonds is 6. The molecule has 11 nitrogen and oxygen atoms in total. The molecule has 0 radical (unpaired) electrons. The van der Waals surface area contributed by atoms with Gasteiger partial charge in [0, 0.05) is 36.8 Å². The van der Waals surface area contributed by atoms with Crippen molar-refractivity contribution in [3.8, 4) is 0 Å². The van der Waals surface area contributed by atoms with E-state index in [-0.39, 0.29) is 28.2 Å². The van der Waals surface area contributed by atoms with Crippen LogP contribution in [-0.4, -0.2) is 73.9 Å². The number of hydrogen-bond donors (Lipinski definition) is 3. The van der Waals surface area contributed by atoms with E-state index in [0.717, 1.165) is 30.5 Å². The van der Waals surface area contributed by atoms with Crippen LogP contribution in [0, 0.1) is 0 Å². The van der Waals surface area contributed by atoms with Crippen molar-refractivity contribution in [3.05, 3.63) is 24.3 Å². The molecule has 2 aliphatic rings. The fourth-order valence-electron chi connectivity index (χ4n) is 3.60. The largest absolute Gasteiger partial charge is 0.369 e. The van der Waals surface area contributed by atoms with Crippen molar-refractivity contribution in [1.29, 1.82) is 0 Å². The molecule has 32 heavy (non-hydrogen) atoms. The number of H-pyrrole nitrogens is 1. The number of anilines is 4. The summed E-state index contributed by atoms with van der Waals surface area (Å²) in [6.07, 6.45) is 3.12. The third-order valence-electron chi connectivity index (χ3n) is 5.50. The Morgan fingerprint density at radius 3 is 2.41 bits per heavy atom. The molecule has 0 spiro atoms. The van der Waals surface area contributed by atoms with Crippen LogP contribution in [0.1, 0.15) is 12.8 Å². The van der Waals surface area contributed by atoms with Gasteiger partial charge >= 0.3 is 0 Å². The maximum atomic E-state index is 12.1. The number of hydrogen-bond acceptors (Lipinski definition) is 10. The van der Waals surface area contributed by atoms with E-state index in [1.165, 1.54) is 0 Å². The maximum Gasteiger partial charge on any atom is 0.231 e. The number of sulfone groups is 2. The van der Waals surface area contributed by atoms with Crippen molar-refractivity contribution >= 4 is 53.8 Å². The van der Waals surface area contributed by atoms with Crippen LogP contribution in [-0.2, 0) is 19.7 Å². The zero-order valence-corrected chi connectivity index (χ0v) is 19.0. The fourth-order valence-corrected chi connectivity index (χ4v) is 5.57. The minimum atomic E-state index is -3.52. The van der Waals surface area contributed by atoms with Crippen LogP contribution in [0.2, 0.25) is 0 Å². The molecule has 0 atom stereocenters. The Morgan fingerprint density at radius 2 is 1.78 bits per heavy atom. The highest BCUT2D eigenvalue weighted by molar-refractivity contribution is 7.91. The van der Waals surface area contributed by atoms with E-state index in [9.17, 15) is 16.8 Å². The lowest BCUT2D eigenvalue weighted by Gasteiger charge is -2.28. The maximum absolute atomic E-state index is 12.1. The lowest BCUT2D eigenvalue weighted by atomic mass is 10.2. The van der Waals surface area contributed by atoms with E-state index in [0.29, 0.717) is 30.2 Å². The molecule has 13 heteroatoms. The number of aromatic nitrogens is 4. The van der Waals surface area contributed by atoms with Gasteiger partial charge < -0.3 is 15.5 Å². The van der Waals surface area contributed by atoms with Gasteiger partial charge in [0.25, 0.3) is 0 Å². The van der Waals surface area contributed by atoms with Crippen molar-refractivity contribution < 1.29 is 16.8 Å². The Hall–Kier alpha value is -2.93. The zero-order chi connectivity index (χ0) is 22.5. The van der Waals surface area contributed by atoms with Crippen LogP contribution in [0.3, 0.4) is 0 Å². The molecule has 1 aromatic carbocycles. The summed E-state index contributed by atoms with van der Waals surface area (Å²) in [6, 6.07) is 7.83. The average Bonchev–Trinajstić information content (AvgIpc) is 3.42. The minimum absolute atomic E-state index is 0.00454. The highest BCUT2D eigenvalue weighted by Crippen LogP contribution is 2.32. The number of fused-ring (bicyclic) bond motifs is 1. The van der Waals surface area contributed by atoms with Crippen molar-refractivity contribution in [2.24, 2.45) is 0 Å². The molecule has 3 aromatic rings. The van der Waals surface area contributed by atoms with E-state index in [1.807, 2.05) is 29.2 Å². The molecule has 2 aromatic heterocycles. The van der Waals surface area contributed by atoms with Gasteiger partial charge in [-0.3, -0.25) is 5.10 Å². The summed E-state index contributed by atoms with van der Waals surface area (Å²) in [5, 5.41) is 13.4. The zero-order valence-electron chi connectivity index (χ0n) is 17.4. The third kappa shape index (κ3) is 4.35. The summed E-state index contributed by atoms with van der Waals surface area (Å²) in [6.45, 7) is 0.958. The first-order valence-electron chi connectivity index (χ1n) is 10.2. The van der Waals surface area contributed by atoms with Crippen LogP contribution in [0.15, 0.2) is 29.3 Å². The van der Waals surface area contributed by atoms with Crippen molar-refractivity contribution in [3.63, 3.8) is 0 Å². The van der Waals surface area contributed by atoms with Gasteiger partial charge in [0.1, 0.15) is 11.2 Å². The third-order valence-corrected chi connectivity index (χ3v) is 8.15. The normalized spacial score (nSPS) is 18.6. The second-order valence-corrected chi connectivity index (χ2v) is 12.4. The van der Waals surface area contributed by atoms with Gasteiger partial charge in [-0.15, -0.1) is 0 Å². The molecule has 3 heterocycles. The lowest BCUT2D eigenvalue weighted by molar-refractivity contribution is 0.586. The van der Waals surface area contributed by atoms with Crippen molar-refractivity contribution in [2.45, 2.75) is 23.9 Å². The first kappa shape index (κ1) is 20.9. The van der Waals surface area contributed by atoms with Gasteiger partial charge in [-0.2, -0.15) is 15.1 Å². The molecule has 1 aliphatic heterocycles.